The Labute approximate surface area is 122 Å². The van der Waals surface area contributed by atoms with E-state index in [9.17, 15) is 0 Å². The van der Waals surface area contributed by atoms with Crippen LogP contribution in [0.5, 0.6) is 0 Å². The van der Waals surface area contributed by atoms with Crippen LogP contribution < -0.4 is 5.32 Å². The van der Waals surface area contributed by atoms with Crippen molar-refractivity contribution in [2.45, 2.75) is 57.1 Å². The van der Waals surface area contributed by atoms with E-state index >= 15 is 0 Å². The second-order valence-electron chi connectivity index (χ2n) is 6.43. The maximum absolute atomic E-state index is 5.83. The Morgan fingerprint density at radius 1 is 1.30 bits per heavy atom. The van der Waals surface area contributed by atoms with Crippen molar-refractivity contribution in [3.05, 3.63) is 35.4 Å². The van der Waals surface area contributed by atoms with Gasteiger partial charge in [-0.3, -0.25) is 0 Å². The van der Waals surface area contributed by atoms with Crippen molar-refractivity contribution in [2.75, 3.05) is 13.7 Å². The highest BCUT2D eigenvalue weighted by Crippen LogP contribution is 2.42. The number of ether oxygens (including phenoxy) is 1. The van der Waals surface area contributed by atoms with Crippen LogP contribution in [0.4, 0.5) is 0 Å². The van der Waals surface area contributed by atoms with Gasteiger partial charge >= 0.3 is 0 Å². The molecule has 1 saturated carbocycles. The monoisotopic (exact) mass is 273 g/mol. The quantitative estimate of drug-likeness (QED) is 0.782. The Hall–Kier alpha value is -0.860. The fourth-order valence-electron chi connectivity index (χ4n) is 3.65. The first kappa shape index (κ1) is 14.1. The molecule has 0 radical (unpaired) electrons. The molecule has 1 aromatic rings. The van der Waals surface area contributed by atoms with Crippen molar-refractivity contribution in [1.82, 2.24) is 5.32 Å². The summed E-state index contributed by atoms with van der Waals surface area (Å²) in [5.41, 5.74) is 3.12. The number of methoxy groups -OCH3 is 1. The Morgan fingerprint density at radius 2 is 2.10 bits per heavy atom. The maximum atomic E-state index is 5.83. The third-order valence-corrected chi connectivity index (χ3v) is 4.91. The summed E-state index contributed by atoms with van der Waals surface area (Å²) >= 11 is 0. The molecule has 0 aromatic heterocycles. The van der Waals surface area contributed by atoms with E-state index in [4.69, 9.17) is 4.74 Å². The lowest BCUT2D eigenvalue weighted by molar-refractivity contribution is 0.0453. The van der Waals surface area contributed by atoms with Gasteiger partial charge in [0.2, 0.25) is 0 Å². The van der Waals surface area contributed by atoms with Gasteiger partial charge in [-0.25, -0.2) is 0 Å². The second kappa shape index (κ2) is 6.28. The molecule has 3 rings (SSSR count). The molecule has 1 N–H and O–H groups in total. The van der Waals surface area contributed by atoms with Crippen LogP contribution in [0, 0.1) is 5.92 Å². The lowest BCUT2D eigenvalue weighted by atomic mass is 9.73. The predicted octanol–water partition coefficient (Wildman–Crippen LogP) is 3.51. The van der Waals surface area contributed by atoms with Crippen LogP contribution in [0.1, 0.15) is 49.7 Å². The Bertz CT molecular complexity index is 441. The molecule has 2 heteroatoms. The first-order valence-corrected chi connectivity index (χ1v) is 8.17. The van der Waals surface area contributed by atoms with Crippen LogP contribution in [0.2, 0.25) is 0 Å². The average molecular weight is 273 g/mol. The summed E-state index contributed by atoms with van der Waals surface area (Å²) in [6.45, 7) is 3.34. The summed E-state index contributed by atoms with van der Waals surface area (Å²) < 4.78 is 5.83. The van der Waals surface area contributed by atoms with Gasteiger partial charge in [0.15, 0.2) is 0 Å². The van der Waals surface area contributed by atoms with E-state index in [1.54, 1.807) is 11.1 Å². The molecule has 0 bridgehead atoms. The summed E-state index contributed by atoms with van der Waals surface area (Å²) in [4.78, 5) is 0. The van der Waals surface area contributed by atoms with Crippen molar-refractivity contribution < 1.29 is 4.74 Å². The molecule has 110 valence electrons. The molecule has 0 heterocycles. The van der Waals surface area contributed by atoms with Crippen LogP contribution in [-0.4, -0.2) is 25.8 Å². The number of benzene rings is 1. The molecule has 3 atom stereocenters. The third kappa shape index (κ3) is 2.91. The summed E-state index contributed by atoms with van der Waals surface area (Å²) in [6.07, 6.45) is 6.79. The highest BCUT2D eigenvalue weighted by atomic mass is 16.5. The molecule has 1 aromatic carbocycles. The SMILES string of the molecule is CCCNC(CC1Cc2ccccc21)C(OC)C1CC1. The van der Waals surface area contributed by atoms with Gasteiger partial charge in [-0.15, -0.1) is 0 Å². The van der Waals surface area contributed by atoms with E-state index in [0.29, 0.717) is 12.1 Å². The lowest BCUT2D eigenvalue weighted by Gasteiger charge is -2.36. The minimum absolute atomic E-state index is 0.411. The fraction of sp³-hybridized carbons (Fsp3) is 0.667. The molecule has 0 aliphatic heterocycles. The van der Waals surface area contributed by atoms with E-state index in [2.05, 4.69) is 36.5 Å². The number of rotatable bonds is 8. The zero-order valence-corrected chi connectivity index (χ0v) is 12.8. The Balaban J connectivity index is 1.64. The normalized spacial score (nSPS) is 23.8. The van der Waals surface area contributed by atoms with Crippen molar-refractivity contribution in [3.8, 4) is 0 Å². The highest BCUT2D eigenvalue weighted by Gasteiger charge is 2.39. The summed E-state index contributed by atoms with van der Waals surface area (Å²) in [5, 5.41) is 3.75. The van der Waals surface area contributed by atoms with Gasteiger partial charge in [0.1, 0.15) is 0 Å². The summed E-state index contributed by atoms with van der Waals surface area (Å²) in [5.74, 6) is 1.53. The van der Waals surface area contributed by atoms with Gasteiger partial charge in [0.05, 0.1) is 6.10 Å². The van der Waals surface area contributed by atoms with E-state index in [0.717, 1.165) is 18.4 Å². The second-order valence-corrected chi connectivity index (χ2v) is 6.43. The molecule has 2 aliphatic carbocycles. The molecule has 1 fully saturated rings. The Kier molecular flexibility index (Phi) is 4.42. The van der Waals surface area contributed by atoms with Crippen molar-refractivity contribution in [1.29, 1.82) is 0 Å². The van der Waals surface area contributed by atoms with Crippen LogP contribution in [0.25, 0.3) is 0 Å². The van der Waals surface area contributed by atoms with E-state index in [1.165, 1.54) is 32.1 Å². The van der Waals surface area contributed by atoms with Crippen LogP contribution in [-0.2, 0) is 11.2 Å². The van der Waals surface area contributed by atoms with Gasteiger partial charge in [-0.2, -0.15) is 0 Å². The van der Waals surface area contributed by atoms with Gasteiger partial charge in [-0.1, -0.05) is 31.2 Å². The van der Waals surface area contributed by atoms with Crippen molar-refractivity contribution >= 4 is 0 Å². The topological polar surface area (TPSA) is 21.3 Å². The minimum atomic E-state index is 0.411. The molecular formula is C18H27NO. The van der Waals surface area contributed by atoms with Gasteiger partial charge in [-0.05, 0) is 61.6 Å². The van der Waals surface area contributed by atoms with Gasteiger partial charge < -0.3 is 10.1 Å². The largest absolute Gasteiger partial charge is 0.380 e. The summed E-state index contributed by atoms with van der Waals surface area (Å²) in [6, 6.07) is 9.43. The first-order chi connectivity index (χ1) is 9.83. The predicted molar refractivity (Wildman–Crippen MR) is 83.1 cm³/mol. The van der Waals surface area contributed by atoms with E-state index in [1.807, 2.05) is 7.11 Å². The number of nitrogens with one attached hydrogen (secondary N) is 1. The average Bonchev–Trinajstić information content (AvgIpc) is 3.26. The molecule has 2 aliphatic rings. The lowest BCUT2D eigenvalue weighted by Crippen LogP contribution is -2.44. The molecular weight excluding hydrogens is 246 g/mol. The maximum Gasteiger partial charge on any atom is 0.0752 e. The molecule has 0 saturated heterocycles. The van der Waals surface area contributed by atoms with Gasteiger partial charge in [0.25, 0.3) is 0 Å². The fourth-order valence-corrected chi connectivity index (χ4v) is 3.65. The van der Waals surface area contributed by atoms with Crippen LogP contribution in [0.3, 0.4) is 0 Å². The van der Waals surface area contributed by atoms with E-state index < -0.39 is 0 Å². The minimum Gasteiger partial charge on any atom is -0.380 e. The van der Waals surface area contributed by atoms with Crippen molar-refractivity contribution in [3.63, 3.8) is 0 Å². The first-order valence-electron chi connectivity index (χ1n) is 8.17. The molecule has 20 heavy (non-hydrogen) atoms. The number of hydrogen-bond donors (Lipinski definition) is 1. The van der Waals surface area contributed by atoms with Crippen LogP contribution in [0.15, 0.2) is 24.3 Å². The zero-order chi connectivity index (χ0) is 13.9. The molecule has 0 amide bonds. The van der Waals surface area contributed by atoms with Gasteiger partial charge in [0, 0.05) is 13.2 Å². The molecule has 3 unspecified atom stereocenters. The van der Waals surface area contributed by atoms with Crippen LogP contribution >= 0.6 is 0 Å². The smallest absolute Gasteiger partial charge is 0.0752 e. The van der Waals surface area contributed by atoms with Crippen molar-refractivity contribution in [2.24, 2.45) is 5.92 Å². The number of hydrogen-bond acceptors (Lipinski definition) is 2. The summed E-state index contributed by atoms with van der Waals surface area (Å²) in [7, 11) is 1.89. The zero-order valence-electron chi connectivity index (χ0n) is 12.8. The highest BCUT2D eigenvalue weighted by molar-refractivity contribution is 5.40. The van der Waals surface area contributed by atoms with E-state index in [-0.39, 0.29) is 0 Å². The standard InChI is InChI=1S/C18H27NO/c1-3-10-19-17(18(20-2)13-8-9-13)12-15-11-14-6-4-5-7-16(14)15/h4-7,13,15,17-19H,3,8-12H2,1-2H3. The number of fused-ring (bicyclic) bond motifs is 1. The molecule has 2 nitrogen and oxygen atoms in total. The third-order valence-electron chi connectivity index (χ3n) is 4.91. The Morgan fingerprint density at radius 3 is 2.75 bits per heavy atom. The molecule has 0 spiro atoms.